The summed E-state index contributed by atoms with van der Waals surface area (Å²) < 4.78 is 0. The van der Waals surface area contributed by atoms with Crippen LogP contribution in [0, 0.1) is 11.8 Å². The minimum absolute atomic E-state index is 0.176. The van der Waals surface area contributed by atoms with Crippen LogP contribution in [0.3, 0.4) is 0 Å². The number of Topliss-reactive ketones (excluding diaryl/α,β-unsaturated/α-hetero) is 1. The predicted octanol–water partition coefficient (Wildman–Crippen LogP) is 4.60. The lowest BCUT2D eigenvalue weighted by Crippen LogP contribution is -2.36. The molecule has 1 atom stereocenters. The van der Waals surface area contributed by atoms with Gasteiger partial charge in [0.2, 0.25) is 0 Å². The van der Waals surface area contributed by atoms with E-state index < -0.39 is 12.0 Å². The number of carbonyl (C=O) groups excluding carboxylic acids is 2. The molecule has 1 amide bonds. The van der Waals surface area contributed by atoms with Crippen LogP contribution < -0.4 is 4.90 Å². The van der Waals surface area contributed by atoms with E-state index in [0.29, 0.717) is 27.4 Å². The Kier molecular flexibility index (Phi) is 7.03. The van der Waals surface area contributed by atoms with Gasteiger partial charge in [0.1, 0.15) is 6.10 Å². The highest BCUT2D eigenvalue weighted by atomic mass is 35.5. The van der Waals surface area contributed by atoms with Gasteiger partial charge in [-0.2, -0.15) is 0 Å². The molecule has 0 aromatic heterocycles. The Morgan fingerprint density at radius 3 is 2.30 bits per heavy atom. The Hall–Kier alpha value is -3.39. The quantitative estimate of drug-likeness (QED) is 0.487. The lowest BCUT2D eigenvalue weighted by Gasteiger charge is -2.24. The van der Waals surface area contributed by atoms with Crippen molar-refractivity contribution >= 4 is 29.0 Å². The van der Waals surface area contributed by atoms with E-state index >= 15 is 0 Å². The lowest BCUT2D eigenvalue weighted by atomic mass is 10.0. The van der Waals surface area contributed by atoms with Crippen LogP contribution in [0.25, 0.3) is 0 Å². The van der Waals surface area contributed by atoms with Crippen LogP contribution in [-0.2, 0) is 0 Å². The number of aliphatic hydroxyl groups is 1. The molecular weight excluding hydrogens is 398 g/mol. The number of carbonyl (C=O) groups is 2. The predicted molar refractivity (Wildman–Crippen MR) is 119 cm³/mol. The van der Waals surface area contributed by atoms with Crippen molar-refractivity contribution in [3.8, 4) is 11.8 Å². The van der Waals surface area contributed by atoms with Gasteiger partial charge in [-0.25, -0.2) is 0 Å². The second-order valence-corrected chi connectivity index (χ2v) is 7.03. The van der Waals surface area contributed by atoms with Crippen LogP contribution in [0.1, 0.15) is 33.2 Å². The molecule has 1 N–H and O–H groups in total. The SMILES string of the molecule is CC(O)C#Cc1ccccc1C(=O)N(CC(=O)c1ccccc1)c1ccccc1Cl. The van der Waals surface area contributed by atoms with Gasteiger partial charge in [0, 0.05) is 11.1 Å². The summed E-state index contributed by atoms with van der Waals surface area (Å²) in [5, 5.41) is 9.84. The Morgan fingerprint density at radius 1 is 0.967 bits per heavy atom. The highest BCUT2D eigenvalue weighted by Gasteiger charge is 2.24. The number of anilines is 1. The summed E-state index contributed by atoms with van der Waals surface area (Å²) in [6, 6.07) is 22.5. The largest absolute Gasteiger partial charge is 0.381 e. The van der Waals surface area contributed by atoms with Crippen LogP contribution >= 0.6 is 11.6 Å². The third-order valence-electron chi connectivity index (χ3n) is 4.36. The van der Waals surface area contributed by atoms with E-state index in [1.165, 1.54) is 4.90 Å². The van der Waals surface area contributed by atoms with Crippen LogP contribution in [0.5, 0.6) is 0 Å². The Labute approximate surface area is 180 Å². The van der Waals surface area contributed by atoms with Crippen molar-refractivity contribution in [2.45, 2.75) is 13.0 Å². The Morgan fingerprint density at radius 2 is 1.60 bits per heavy atom. The van der Waals surface area contributed by atoms with E-state index in [1.54, 1.807) is 79.7 Å². The highest BCUT2D eigenvalue weighted by molar-refractivity contribution is 6.34. The van der Waals surface area contributed by atoms with Gasteiger partial charge in [-0.1, -0.05) is 78.0 Å². The maximum absolute atomic E-state index is 13.5. The molecule has 0 aliphatic rings. The zero-order valence-corrected chi connectivity index (χ0v) is 17.1. The first-order valence-electron chi connectivity index (χ1n) is 9.40. The lowest BCUT2D eigenvalue weighted by molar-refractivity contribution is 0.0937. The van der Waals surface area contributed by atoms with Crippen LogP contribution in [0.2, 0.25) is 5.02 Å². The minimum atomic E-state index is -0.826. The van der Waals surface area contributed by atoms with Gasteiger partial charge in [0.05, 0.1) is 22.8 Å². The summed E-state index contributed by atoms with van der Waals surface area (Å²) >= 11 is 6.36. The second kappa shape index (κ2) is 9.89. The van der Waals surface area contributed by atoms with E-state index in [1.807, 2.05) is 6.07 Å². The van der Waals surface area contributed by atoms with Gasteiger partial charge in [-0.3, -0.25) is 14.5 Å². The van der Waals surface area contributed by atoms with E-state index in [0.717, 1.165) is 0 Å². The maximum atomic E-state index is 13.5. The fourth-order valence-electron chi connectivity index (χ4n) is 2.90. The molecule has 0 radical (unpaired) electrons. The molecule has 3 aromatic rings. The van der Waals surface area contributed by atoms with Crippen molar-refractivity contribution in [3.63, 3.8) is 0 Å². The average Bonchev–Trinajstić information content (AvgIpc) is 2.77. The maximum Gasteiger partial charge on any atom is 0.260 e. The number of benzene rings is 3. The molecular formula is C25H20ClNO3. The molecule has 5 heteroatoms. The standard InChI is InChI=1S/C25H20ClNO3/c1-18(28)15-16-19-9-5-6-12-21(19)25(30)27(23-14-8-7-13-22(23)26)17-24(29)20-10-3-2-4-11-20/h2-14,18,28H,17H2,1H3. The number of halogens is 1. The number of ketones is 1. The number of nitrogens with zero attached hydrogens (tertiary/aromatic N) is 1. The van der Waals surface area contributed by atoms with Crippen LogP contribution in [0.4, 0.5) is 5.69 Å². The third kappa shape index (κ3) is 5.15. The molecule has 1 unspecified atom stereocenters. The van der Waals surface area contributed by atoms with Crippen molar-refractivity contribution in [2.75, 3.05) is 11.4 Å². The van der Waals surface area contributed by atoms with Crippen LogP contribution in [0.15, 0.2) is 78.9 Å². The smallest absolute Gasteiger partial charge is 0.260 e. The first-order valence-corrected chi connectivity index (χ1v) is 9.78. The summed E-state index contributed by atoms with van der Waals surface area (Å²) in [7, 11) is 0. The fourth-order valence-corrected chi connectivity index (χ4v) is 3.14. The van der Waals surface area contributed by atoms with Crippen molar-refractivity contribution in [2.24, 2.45) is 0 Å². The molecule has 3 rings (SSSR count). The van der Waals surface area contributed by atoms with E-state index in [2.05, 4.69) is 11.8 Å². The van der Waals surface area contributed by atoms with Crippen LogP contribution in [-0.4, -0.2) is 29.4 Å². The van der Waals surface area contributed by atoms with Gasteiger partial charge in [-0.05, 0) is 31.2 Å². The molecule has 0 bridgehead atoms. The molecule has 0 saturated carbocycles. The summed E-state index contributed by atoms with van der Waals surface area (Å²) in [6.45, 7) is 1.37. The number of rotatable bonds is 5. The molecule has 150 valence electrons. The minimum Gasteiger partial charge on any atom is -0.381 e. The van der Waals surface area contributed by atoms with E-state index in [-0.39, 0.29) is 12.3 Å². The van der Waals surface area contributed by atoms with Crippen molar-refractivity contribution in [3.05, 3.63) is 101 Å². The Bertz CT molecular complexity index is 1110. The van der Waals surface area contributed by atoms with Gasteiger partial charge in [-0.15, -0.1) is 0 Å². The molecule has 0 saturated heterocycles. The molecule has 0 fully saturated rings. The zero-order valence-electron chi connectivity index (χ0n) is 16.4. The normalized spacial score (nSPS) is 11.2. The molecule has 4 nitrogen and oxygen atoms in total. The summed E-state index contributed by atoms with van der Waals surface area (Å²) in [5.74, 6) is 4.88. The monoisotopic (exact) mass is 417 g/mol. The molecule has 3 aromatic carbocycles. The number of hydrogen-bond donors (Lipinski definition) is 1. The Balaban J connectivity index is 2.03. The van der Waals surface area contributed by atoms with Gasteiger partial charge in [0.25, 0.3) is 5.91 Å². The highest BCUT2D eigenvalue weighted by Crippen LogP contribution is 2.27. The van der Waals surface area contributed by atoms with Gasteiger partial charge in [0.15, 0.2) is 5.78 Å². The van der Waals surface area contributed by atoms with Crippen molar-refractivity contribution in [1.82, 2.24) is 0 Å². The van der Waals surface area contributed by atoms with Crippen molar-refractivity contribution in [1.29, 1.82) is 0 Å². The van der Waals surface area contributed by atoms with Gasteiger partial charge < -0.3 is 5.11 Å². The molecule has 0 spiro atoms. The number of aliphatic hydroxyl groups excluding tert-OH is 1. The molecule has 0 aliphatic heterocycles. The molecule has 0 aliphatic carbocycles. The van der Waals surface area contributed by atoms with E-state index in [4.69, 9.17) is 11.6 Å². The third-order valence-corrected chi connectivity index (χ3v) is 4.68. The summed E-state index contributed by atoms with van der Waals surface area (Å²) in [6.07, 6.45) is -0.826. The van der Waals surface area contributed by atoms with E-state index in [9.17, 15) is 14.7 Å². The fraction of sp³-hybridized carbons (Fsp3) is 0.120. The van der Waals surface area contributed by atoms with Gasteiger partial charge >= 0.3 is 0 Å². The first-order chi connectivity index (χ1) is 14.5. The molecule has 0 heterocycles. The summed E-state index contributed by atoms with van der Waals surface area (Å²) in [4.78, 5) is 27.8. The average molecular weight is 418 g/mol. The topological polar surface area (TPSA) is 57.6 Å². The summed E-state index contributed by atoms with van der Waals surface area (Å²) in [5.41, 5.74) is 1.73. The van der Waals surface area contributed by atoms with Crippen molar-refractivity contribution < 1.29 is 14.7 Å². The second-order valence-electron chi connectivity index (χ2n) is 6.62. The number of amides is 1. The zero-order chi connectivity index (χ0) is 21.5. The molecule has 30 heavy (non-hydrogen) atoms. The number of para-hydroxylation sites is 1. The first kappa shape index (κ1) is 21.3. The number of hydrogen-bond acceptors (Lipinski definition) is 3.